The second-order valence-corrected chi connectivity index (χ2v) is 6.18. The van der Waals surface area contributed by atoms with Crippen molar-refractivity contribution in [3.8, 4) is 0 Å². The van der Waals surface area contributed by atoms with Gasteiger partial charge in [-0.05, 0) is 44.5 Å². The smallest absolute Gasteiger partial charge is 0.128 e. The van der Waals surface area contributed by atoms with E-state index < -0.39 is 0 Å². The largest absolute Gasteiger partial charge is 0.329 e. The zero-order valence-electron chi connectivity index (χ0n) is 12.7. The third-order valence-corrected chi connectivity index (χ3v) is 4.36. The van der Waals surface area contributed by atoms with E-state index in [0.717, 1.165) is 30.3 Å². The molecule has 0 fully saturated rings. The van der Waals surface area contributed by atoms with Gasteiger partial charge in [-0.15, -0.1) is 0 Å². The maximum absolute atomic E-state index is 14.2. The maximum Gasteiger partial charge on any atom is 0.128 e. The van der Waals surface area contributed by atoms with E-state index in [2.05, 4.69) is 41.6 Å². The molecule has 0 saturated carbocycles. The van der Waals surface area contributed by atoms with Crippen LogP contribution in [0.1, 0.15) is 51.6 Å². The zero-order chi connectivity index (χ0) is 15.1. The minimum Gasteiger partial charge on any atom is -0.329 e. The molecule has 0 amide bonds. The van der Waals surface area contributed by atoms with Crippen LogP contribution in [0.3, 0.4) is 0 Å². The van der Waals surface area contributed by atoms with Gasteiger partial charge in [0.15, 0.2) is 0 Å². The third-order valence-electron chi connectivity index (χ3n) is 3.87. The van der Waals surface area contributed by atoms with Crippen LogP contribution in [0.25, 0.3) is 0 Å². The topological polar surface area (TPSA) is 29.3 Å². The number of hydrogen-bond acceptors (Lipinski definition) is 2. The molecular weight excluding hydrogens is 319 g/mol. The Labute approximate surface area is 130 Å². The fraction of sp³-hybridized carbons (Fsp3) is 0.625. The van der Waals surface area contributed by atoms with Crippen LogP contribution >= 0.6 is 15.9 Å². The van der Waals surface area contributed by atoms with Crippen molar-refractivity contribution >= 4 is 15.9 Å². The molecule has 2 N–H and O–H groups in total. The predicted molar refractivity (Wildman–Crippen MR) is 87.3 cm³/mol. The molecule has 2 atom stereocenters. The number of nitrogens with two attached hydrogens (primary N) is 1. The standard InChI is InChI=1S/C16H26BrFN2/c1-4-6-9-20(12(3)5-2)16(11-19)14-10-13(17)7-8-15(14)18/h7-8,10,12,16H,4-6,9,11,19H2,1-3H3. The summed E-state index contributed by atoms with van der Waals surface area (Å²) in [5.41, 5.74) is 6.66. The Kier molecular flexibility index (Phi) is 7.70. The van der Waals surface area contributed by atoms with E-state index >= 15 is 0 Å². The normalized spacial score (nSPS) is 14.6. The van der Waals surface area contributed by atoms with E-state index in [-0.39, 0.29) is 11.9 Å². The molecule has 4 heteroatoms. The Morgan fingerprint density at radius 3 is 2.60 bits per heavy atom. The quantitative estimate of drug-likeness (QED) is 0.752. The van der Waals surface area contributed by atoms with Gasteiger partial charge < -0.3 is 5.73 Å². The van der Waals surface area contributed by atoms with E-state index in [4.69, 9.17) is 5.73 Å². The molecule has 0 saturated heterocycles. The van der Waals surface area contributed by atoms with Crippen LogP contribution < -0.4 is 5.73 Å². The highest BCUT2D eigenvalue weighted by Crippen LogP contribution is 2.28. The van der Waals surface area contributed by atoms with E-state index in [1.807, 2.05) is 6.07 Å². The van der Waals surface area contributed by atoms with Crippen LogP contribution in [0.15, 0.2) is 22.7 Å². The lowest BCUT2D eigenvalue weighted by Crippen LogP contribution is -2.40. The number of nitrogens with zero attached hydrogens (tertiary/aromatic N) is 1. The molecule has 1 aromatic rings. The van der Waals surface area contributed by atoms with E-state index in [1.54, 1.807) is 6.07 Å². The molecule has 20 heavy (non-hydrogen) atoms. The summed E-state index contributed by atoms with van der Waals surface area (Å²) in [5, 5.41) is 0. The Balaban J connectivity index is 3.07. The van der Waals surface area contributed by atoms with Crippen molar-refractivity contribution in [2.24, 2.45) is 5.73 Å². The number of unbranched alkanes of at least 4 members (excludes halogenated alkanes) is 1. The lowest BCUT2D eigenvalue weighted by molar-refractivity contribution is 0.138. The van der Waals surface area contributed by atoms with E-state index in [0.29, 0.717) is 18.2 Å². The van der Waals surface area contributed by atoms with Crippen molar-refractivity contribution in [2.45, 2.75) is 52.1 Å². The van der Waals surface area contributed by atoms with Gasteiger partial charge >= 0.3 is 0 Å². The molecule has 1 rings (SSSR count). The van der Waals surface area contributed by atoms with Gasteiger partial charge in [0.1, 0.15) is 5.82 Å². The van der Waals surface area contributed by atoms with Crippen LogP contribution in [0.4, 0.5) is 4.39 Å². The number of benzene rings is 1. The highest BCUT2D eigenvalue weighted by Gasteiger charge is 2.25. The summed E-state index contributed by atoms with van der Waals surface area (Å²) in [6.45, 7) is 7.91. The molecule has 0 aliphatic rings. The summed E-state index contributed by atoms with van der Waals surface area (Å²) in [7, 11) is 0. The zero-order valence-corrected chi connectivity index (χ0v) is 14.3. The summed E-state index contributed by atoms with van der Waals surface area (Å²) >= 11 is 3.42. The first kappa shape index (κ1) is 17.6. The van der Waals surface area contributed by atoms with Crippen LogP contribution in [0.2, 0.25) is 0 Å². The monoisotopic (exact) mass is 344 g/mol. The number of hydrogen-bond donors (Lipinski definition) is 1. The molecule has 0 heterocycles. The van der Waals surface area contributed by atoms with Crippen molar-refractivity contribution < 1.29 is 4.39 Å². The lowest BCUT2D eigenvalue weighted by atomic mass is 10.0. The predicted octanol–water partition coefficient (Wildman–Crippen LogP) is 4.49. The average Bonchev–Trinajstić information content (AvgIpc) is 2.45. The van der Waals surface area contributed by atoms with Gasteiger partial charge in [-0.3, -0.25) is 4.90 Å². The molecule has 0 radical (unpaired) electrons. The Hall–Kier alpha value is -0.450. The molecular formula is C16H26BrFN2. The maximum atomic E-state index is 14.2. The second kappa shape index (κ2) is 8.75. The Morgan fingerprint density at radius 2 is 2.05 bits per heavy atom. The first-order valence-electron chi connectivity index (χ1n) is 7.45. The fourth-order valence-electron chi connectivity index (χ4n) is 2.47. The first-order chi connectivity index (χ1) is 9.54. The molecule has 0 spiro atoms. The summed E-state index contributed by atoms with van der Waals surface area (Å²) in [6.07, 6.45) is 3.28. The molecule has 0 aliphatic heterocycles. The number of rotatable bonds is 8. The summed E-state index contributed by atoms with van der Waals surface area (Å²) in [4.78, 5) is 2.34. The van der Waals surface area contributed by atoms with Crippen molar-refractivity contribution in [3.05, 3.63) is 34.1 Å². The van der Waals surface area contributed by atoms with Crippen molar-refractivity contribution in [3.63, 3.8) is 0 Å². The molecule has 0 aliphatic carbocycles. The minimum absolute atomic E-state index is 0.0611. The van der Waals surface area contributed by atoms with Gasteiger partial charge in [0.2, 0.25) is 0 Å². The van der Waals surface area contributed by atoms with Crippen LogP contribution in [-0.4, -0.2) is 24.0 Å². The van der Waals surface area contributed by atoms with Crippen molar-refractivity contribution in [1.29, 1.82) is 0 Å². The second-order valence-electron chi connectivity index (χ2n) is 5.27. The van der Waals surface area contributed by atoms with Gasteiger partial charge in [0, 0.05) is 22.6 Å². The van der Waals surface area contributed by atoms with Crippen molar-refractivity contribution in [1.82, 2.24) is 4.90 Å². The molecule has 1 aromatic carbocycles. The van der Waals surface area contributed by atoms with E-state index in [1.165, 1.54) is 6.07 Å². The van der Waals surface area contributed by atoms with Crippen LogP contribution in [0, 0.1) is 5.82 Å². The van der Waals surface area contributed by atoms with Gasteiger partial charge in [0.25, 0.3) is 0 Å². The molecule has 0 bridgehead atoms. The highest BCUT2D eigenvalue weighted by atomic mass is 79.9. The van der Waals surface area contributed by atoms with E-state index in [9.17, 15) is 4.39 Å². The average molecular weight is 345 g/mol. The third kappa shape index (κ3) is 4.54. The summed E-state index contributed by atoms with van der Waals surface area (Å²) < 4.78 is 15.0. The lowest BCUT2D eigenvalue weighted by Gasteiger charge is -2.36. The summed E-state index contributed by atoms with van der Waals surface area (Å²) in [6, 6.07) is 5.43. The Bertz CT molecular complexity index is 411. The molecule has 2 unspecified atom stereocenters. The molecule has 0 aromatic heterocycles. The van der Waals surface area contributed by atoms with Gasteiger partial charge in [-0.2, -0.15) is 0 Å². The van der Waals surface area contributed by atoms with Crippen LogP contribution in [-0.2, 0) is 0 Å². The minimum atomic E-state index is -0.173. The Morgan fingerprint density at radius 1 is 1.35 bits per heavy atom. The van der Waals surface area contributed by atoms with Gasteiger partial charge in [-0.25, -0.2) is 4.39 Å². The van der Waals surface area contributed by atoms with Gasteiger partial charge in [-0.1, -0.05) is 36.2 Å². The fourth-order valence-corrected chi connectivity index (χ4v) is 2.85. The summed E-state index contributed by atoms with van der Waals surface area (Å²) in [5.74, 6) is -0.173. The van der Waals surface area contributed by atoms with Gasteiger partial charge in [0.05, 0.1) is 6.04 Å². The number of halogens is 2. The van der Waals surface area contributed by atoms with Crippen molar-refractivity contribution in [2.75, 3.05) is 13.1 Å². The first-order valence-corrected chi connectivity index (χ1v) is 8.25. The van der Waals surface area contributed by atoms with Crippen LogP contribution in [0.5, 0.6) is 0 Å². The molecule has 2 nitrogen and oxygen atoms in total. The highest BCUT2D eigenvalue weighted by molar-refractivity contribution is 9.10. The SMILES string of the molecule is CCCCN(C(C)CC)C(CN)c1cc(Br)ccc1F. The molecule has 114 valence electrons.